The Balaban J connectivity index is 2.51. The molecule has 1 rings (SSSR count). The average molecular weight is 235 g/mol. The van der Waals surface area contributed by atoms with Crippen LogP contribution in [0.4, 0.5) is 0 Å². The molecule has 0 fully saturated rings. The first kappa shape index (κ1) is 13.6. The highest BCUT2D eigenvalue weighted by Crippen LogP contribution is 2.11. The zero-order valence-corrected chi connectivity index (χ0v) is 10.7. The maximum Gasteiger partial charge on any atom is 0.237 e. The van der Waals surface area contributed by atoms with E-state index < -0.39 is 6.04 Å². The third-order valence-corrected chi connectivity index (χ3v) is 2.63. The molecule has 2 unspecified atom stereocenters. The summed E-state index contributed by atoms with van der Waals surface area (Å²) in [6.45, 7) is 6.05. The third-order valence-electron chi connectivity index (χ3n) is 2.63. The molecule has 0 aliphatic heterocycles. The van der Waals surface area contributed by atoms with Crippen LogP contribution in [0.1, 0.15) is 38.8 Å². The first-order valence-corrected chi connectivity index (χ1v) is 5.96. The van der Waals surface area contributed by atoms with Crippen molar-refractivity contribution >= 4 is 5.91 Å². The van der Waals surface area contributed by atoms with Crippen LogP contribution in [0, 0.1) is 5.92 Å². The number of carbonyl (C=O) groups is 1. The number of hydrogen-bond acceptors (Lipinski definition) is 3. The molecule has 1 aromatic heterocycles. The summed E-state index contributed by atoms with van der Waals surface area (Å²) in [6, 6.07) is 3.31. The van der Waals surface area contributed by atoms with E-state index in [1.54, 1.807) is 12.4 Å². The van der Waals surface area contributed by atoms with E-state index in [1.807, 2.05) is 19.1 Å². The minimum atomic E-state index is -0.431. The molecular weight excluding hydrogens is 214 g/mol. The van der Waals surface area contributed by atoms with E-state index in [0.717, 1.165) is 5.56 Å². The zero-order chi connectivity index (χ0) is 12.8. The van der Waals surface area contributed by atoms with Crippen molar-refractivity contribution in [3.63, 3.8) is 0 Å². The van der Waals surface area contributed by atoms with Gasteiger partial charge in [0.05, 0.1) is 12.1 Å². The van der Waals surface area contributed by atoms with Crippen LogP contribution < -0.4 is 11.1 Å². The Morgan fingerprint density at radius 1 is 1.35 bits per heavy atom. The van der Waals surface area contributed by atoms with Crippen LogP contribution in [-0.4, -0.2) is 16.9 Å². The fourth-order valence-electron chi connectivity index (χ4n) is 1.67. The lowest BCUT2D eigenvalue weighted by Crippen LogP contribution is -2.42. The van der Waals surface area contributed by atoms with Crippen molar-refractivity contribution in [2.24, 2.45) is 11.7 Å². The maximum atomic E-state index is 11.8. The van der Waals surface area contributed by atoms with Gasteiger partial charge in [-0.25, -0.2) is 0 Å². The quantitative estimate of drug-likeness (QED) is 0.815. The van der Waals surface area contributed by atoms with Gasteiger partial charge < -0.3 is 11.1 Å². The van der Waals surface area contributed by atoms with Gasteiger partial charge in [-0.1, -0.05) is 13.8 Å². The number of aromatic nitrogens is 1. The summed E-state index contributed by atoms with van der Waals surface area (Å²) in [6.07, 6.45) is 4.13. The number of pyridine rings is 1. The molecule has 94 valence electrons. The van der Waals surface area contributed by atoms with E-state index in [0.29, 0.717) is 12.3 Å². The predicted octanol–water partition coefficient (Wildman–Crippen LogP) is 1.63. The van der Waals surface area contributed by atoms with Gasteiger partial charge in [-0.05, 0) is 37.0 Å². The van der Waals surface area contributed by atoms with Crippen LogP contribution in [0.5, 0.6) is 0 Å². The minimum absolute atomic E-state index is 0.0382. The molecule has 4 heteroatoms. The minimum Gasteiger partial charge on any atom is -0.348 e. The number of amides is 1. The highest BCUT2D eigenvalue weighted by atomic mass is 16.2. The van der Waals surface area contributed by atoms with Crippen molar-refractivity contribution in [1.82, 2.24) is 10.3 Å². The standard InChI is InChI=1S/C13H21N3O/c1-9(2)8-12(14)13(17)16-10(3)11-4-6-15-7-5-11/h4-7,9-10,12H,8,14H2,1-3H3,(H,16,17). The van der Waals surface area contributed by atoms with Gasteiger partial charge in [-0.15, -0.1) is 0 Å². The van der Waals surface area contributed by atoms with E-state index in [-0.39, 0.29) is 11.9 Å². The van der Waals surface area contributed by atoms with Gasteiger partial charge >= 0.3 is 0 Å². The van der Waals surface area contributed by atoms with Crippen LogP contribution in [0.15, 0.2) is 24.5 Å². The summed E-state index contributed by atoms with van der Waals surface area (Å²) in [5.41, 5.74) is 6.85. The monoisotopic (exact) mass is 235 g/mol. The second-order valence-corrected chi connectivity index (χ2v) is 4.75. The summed E-state index contributed by atoms with van der Waals surface area (Å²) in [5, 5.41) is 2.91. The molecule has 0 saturated heterocycles. The fourth-order valence-corrected chi connectivity index (χ4v) is 1.67. The van der Waals surface area contributed by atoms with Gasteiger partial charge in [0.15, 0.2) is 0 Å². The Kier molecular flexibility index (Phi) is 5.10. The molecule has 0 radical (unpaired) electrons. The number of nitrogens with one attached hydrogen (secondary N) is 1. The first-order chi connectivity index (χ1) is 8.00. The molecule has 0 aromatic carbocycles. The van der Waals surface area contributed by atoms with Crippen molar-refractivity contribution in [2.45, 2.75) is 39.3 Å². The highest BCUT2D eigenvalue weighted by Gasteiger charge is 2.17. The second kappa shape index (κ2) is 6.35. The number of nitrogens with two attached hydrogens (primary N) is 1. The van der Waals surface area contributed by atoms with E-state index in [2.05, 4.69) is 24.1 Å². The second-order valence-electron chi connectivity index (χ2n) is 4.75. The molecule has 3 N–H and O–H groups in total. The molecule has 1 aromatic rings. The maximum absolute atomic E-state index is 11.8. The smallest absolute Gasteiger partial charge is 0.237 e. The van der Waals surface area contributed by atoms with Gasteiger partial charge in [-0.2, -0.15) is 0 Å². The zero-order valence-electron chi connectivity index (χ0n) is 10.7. The molecule has 0 aliphatic rings. The van der Waals surface area contributed by atoms with Crippen molar-refractivity contribution in [2.75, 3.05) is 0 Å². The van der Waals surface area contributed by atoms with Gasteiger partial charge in [0.1, 0.15) is 0 Å². The summed E-state index contributed by atoms with van der Waals surface area (Å²) < 4.78 is 0. The Hall–Kier alpha value is -1.42. The van der Waals surface area contributed by atoms with Gasteiger partial charge in [0.2, 0.25) is 5.91 Å². The molecule has 0 spiro atoms. The number of rotatable bonds is 5. The van der Waals surface area contributed by atoms with E-state index in [9.17, 15) is 4.79 Å². The SMILES string of the molecule is CC(C)CC(N)C(=O)NC(C)c1ccncc1. The highest BCUT2D eigenvalue weighted by molar-refractivity contribution is 5.81. The average Bonchev–Trinajstić information content (AvgIpc) is 2.29. The molecule has 4 nitrogen and oxygen atoms in total. The Morgan fingerprint density at radius 2 is 1.94 bits per heavy atom. The van der Waals surface area contributed by atoms with Crippen LogP contribution in [-0.2, 0) is 4.79 Å². The lowest BCUT2D eigenvalue weighted by atomic mass is 10.0. The first-order valence-electron chi connectivity index (χ1n) is 5.96. The molecule has 1 heterocycles. The molecule has 0 saturated carbocycles. The molecule has 0 aliphatic carbocycles. The van der Waals surface area contributed by atoms with Crippen molar-refractivity contribution in [1.29, 1.82) is 0 Å². The predicted molar refractivity (Wildman–Crippen MR) is 68.2 cm³/mol. The number of nitrogens with zero attached hydrogens (tertiary/aromatic N) is 1. The van der Waals surface area contributed by atoms with E-state index in [4.69, 9.17) is 5.73 Å². The molecular formula is C13H21N3O. The number of hydrogen-bond donors (Lipinski definition) is 2. The third kappa shape index (κ3) is 4.53. The molecule has 1 amide bonds. The summed E-state index contributed by atoms with van der Waals surface area (Å²) in [4.78, 5) is 15.8. The molecule has 17 heavy (non-hydrogen) atoms. The van der Waals surface area contributed by atoms with Gasteiger partial charge in [-0.3, -0.25) is 9.78 Å². The summed E-state index contributed by atoms with van der Waals surface area (Å²) in [7, 11) is 0. The lowest BCUT2D eigenvalue weighted by molar-refractivity contribution is -0.123. The van der Waals surface area contributed by atoms with Gasteiger partial charge in [0, 0.05) is 12.4 Å². The van der Waals surface area contributed by atoms with Crippen LogP contribution in [0.3, 0.4) is 0 Å². The van der Waals surface area contributed by atoms with E-state index in [1.165, 1.54) is 0 Å². The Bertz CT molecular complexity index is 351. The molecule has 0 bridgehead atoms. The molecule has 2 atom stereocenters. The van der Waals surface area contributed by atoms with Crippen LogP contribution >= 0.6 is 0 Å². The topological polar surface area (TPSA) is 68.0 Å². The van der Waals surface area contributed by atoms with Crippen molar-refractivity contribution in [3.8, 4) is 0 Å². The normalized spacial score (nSPS) is 14.4. The van der Waals surface area contributed by atoms with Crippen LogP contribution in [0.2, 0.25) is 0 Å². The van der Waals surface area contributed by atoms with E-state index >= 15 is 0 Å². The largest absolute Gasteiger partial charge is 0.348 e. The summed E-state index contributed by atoms with van der Waals surface area (Å²) >= 11 is 0. The Morgan fingerprint density at radius 3 is 2.47 bits per heavy atom. The van der Waals surface area contributed by atoms with Crippen molar-refractivity contribution in [3.05, 3.63) is 30.1 Å². The Labute approximate surface area is 103 Å². The lowest BCUT2D eigenvalue weighted by Gasteiger charge is -2.18. The van der Waals surface area contributed by atoms with Gasteiger partial charge in [0.25, 0.3) is 0 Å². The van der Waals surface area contributed by atoms with Crippen molar-refractivity contribution < 1.29 is 4.79 Å². The van der Waals surface area contributed by atoms with Crippen LogP contribution in [0.25, 0.3) is 0 Å². The number of carbonyl (C=O) groups excluding carboxylic acids is 1. The fraction of sp³-hybridized carbons (Fsp3) is 0.538. The summed E-state index contributed by atoms with van der Waals surface area (Å²) in [5.74, 6) is 0.329.